The van der Waals surface area contributed by atoms with E-state index in [9.17, 15) is 9.90 Å². The van der Waals surface area contributed by atoms with Gasteiger partial charge in [0.25, 0.3) is 0 Å². The number of phenols is 1. The fourth-order valence-corrected chi connectivity index (χ4v) is 3.29. The fraction of sp³-hybridized carbons (Fsp3) is 0.350. The third kappa shape index (κ3) is 4.31. The van der Waals surface area contributed by atoms with Crippen molar-refractivity contribution in [3.05, 3.63) is 54.2 Å². The first-order chi connectivity index (χ1) is 12.1. The molecule has 0 amide bonds. The lowest BCUT2D eigenvalue weighted by atomic mass is 10.1. The van der Waals surface area contributed by atoms with Gasteiger partial charge in [0.05, 0.1) is 6.17 Å². The van der Waals surface area contributed by atoms with Crippen molar-refractivity contribution in [1.82, 2.24) is 10.2 Å². The Hall–Kier alpha value is -2.53. The smallest absolute Gasteiger partial charge is 0.339 e. The van der Waals surface area contributed by atoms with Crippen LogP contribution < -0.4 is 5.32 Å². The summed E-state index contributed by atoms with van der Waals surface area (Å²) < 4.78 is 0. The van der Waals surface area contributed by atoms with E-state index in [1.165, 1.54) is 50.9 Å². The molecule has 25 heavy (non-hydrogen) atoms. The monoisotopic (exact) mass is 340 g/mol. The Balaban J connectivity index is 0.000000150. The number of hydrogen-bond donors (Lipinski definition) is 3. The summed E-state index contributed by atoms with van der Waals surface area (Å²) in [5.74, 6) is -1.32. The third-order valence-electron chi connectivity index (χ3n) is 4.61. The molecule has 3 N–H and O–H groups in total. The zero-order chi connectivity index (χ0) is 17.6. The number of benzene rings is 2. The molecule has 4 rings (SSSR count). The number of nitrogens with zero attached hydrogens (tertiary/aromatic N) is 1. The van der Waals surface area contributed by atoms with Crippen molar-refractivity contribution in [2.45, 2.75) is 31.8 Å². The van der Waals surface area contributed by atoms with Gasteiger partial charge in [-0.15, -0.1) is 0 Å². The number of hydrogen-bond acceptors (Lipinski definition) is 4. The minimum absolute atomic E-state index is 0.0660. The Bertz CT molecular complexity index is 773. The Morgan fingerprint density at radius 1 is 1.16 bits per heavy atom. The first-order valence-corrected chi connectivity index (χ1v) is 8.76. The molecule has 0 aliphatic carbocycles. The van der Waals surface area contributed by atoms with Crippen molar-refractivity contribution in [1.29, 1.82) is 0 Å². The summed E-state index contributed by atoms with van der Waals surface area (Å²) in [6.07, 6.45) is 10.4. The lowest BCUT2D eigenvalue weighted by Gasteiger charge is -2.34. The SMILES string of the molecule is C1=CN2CCCNC2CCC1.O=C(O)c1cc2ccccc2cc1O. The number of rotatable bonds is 1. The zero-order valence-electron chi connectivity index (χ0n) is 14.2. The molecular weight excluding hydrogens is 316 g/mol. The van der Waals surface area contributed by atoms with Crippen LogP contribution in [0.3, 0.4) is 0 Å². The van der Waals surface area contributed by atoms with Gasteiger partial charge in [-0.25, -0.2) is 4.79 Å². The highest BCUT2D eigenvalue weighted by Crippen LogP contribution is 2.24. The average molecular weight is 340 g/mol. The second-order valence-corrected chi connectivity index (χ2v) is 6.40. The predicted octanol–water partition coefficient (Wildman–Crippen LogP) is 3.55. The summed E-state index contributed by atoms with van der Waals surface area (Å²) in [6, 6.07) is 10.2. The number of allylic oxidation sites excluding steroid dienone is 1. The van der Waals surface area contributed by atoms with Gasteiger partial charge in [-0.1, -0.05) is 30.3 Å². The van der Waals surface area contributed by atoms with E-state index >= 15 is 0 Å². The topological polar surface area (TPSA) is 72.8 Å². The van der Waals surface area contributed by atoms with Crippen LogP contribution >= 0.6 is 0 Å². The normalized spacial score (nSPS) is 19.5. The van der Waals surface area contributed by atoms with E-state index in [1.807, 2.05) is 18.2 Å². The van der Waals surface area contributed by atoms with Gasteiger partial charge in [-0.2, -0.15) is 0 Å². The summed E-state index contributed by atoms with van der Waals surface area (Å²) in [6.45, 7) is 2.45. The molecule has 0 aromatic heterocycles. The quantitative estimate of drug-likeness (QED) is 0.740. The molecule has 0 spiro atoms. The van der Waals surface area contributed by atoms with E-state index in [-0.39, 0.29) is 11.3 Å². The Kier molecular flexibility index (Phi) is 5.56. The first kappa shape index (κ1) is 17.3. The molecule has 0 bridgehead atoms. The van der Waals surface area contributed by atoms with E-state index in [0.29, 0.717) is 6.17 Å². The van der Waals surface area contributed by atoms with Gasteiger partial charge < -0.3 is 15.1 Å². The summed E-state index contributed by atoms with van der Waals surface area (Å²) in [5, 5.41) is 23.3. The summed E-state index contributed by atoms with van der Waals surface area (Å²) >= 11 is 0. The fourth-order valence-electron chi connectivity index (χ4n) is 3.29. The van der Waals surface area contributed by atoms with Crippen LogP contribution in [0.25, 0.3) is 10.8 Å². The molecule has 2 heterocycles. The van der Waals surface area contributed by atoms with E-state index < -0.39 is 5.97 Å². The minimum atomic E-state index is -1.12. The van der Waals surface area contributed by atoms with Crippen LogP contribution in [0.4, 0.5) is 0 Å². The van der Waals surface area contributed by atoms with Crippen LogP contribution in [0.15, 0.2) is 48.7 Å². The lowest BCUT2D eigenvalue weighted by molar-refractivity contribution is 0.0694. The van der Waals surface area contributed by atoms with Gasteiger partial charge in [-0.05, 0) is 61.3 Å². The Morgan fingerprint density at radius 2 is 1.92 bits per heavy atom. The molecule has 5 nitrogen and oxygen atoms in total. The van der Waals surface area contributed by atoms with Gasteiger partial charge >= 0.3 is 5.97 Å². The molecule has 2 aliphatic rings. The molecule has 132 valence electrons. The molecule has 2 aromatic carbocycles. The van der Waals surface area contributed by atoms with Gasteiger partial charge in [-0.3, -0.25) is 5.32 Å². The highest BCUT2D eigenvalue weighted by Gasteiger charge is 2.19. The lowest BCUT2D eigenvalue weighted by Crippen LogP contribution is -2.48. The van der Waals surface area contributed by atoms with E-state index in [2.05, 4.69) is 22.5 Å². The second kappa shape index (κ2) is 8.03. The number of carboxylic acids is 1. The molecular formula is C20H24N2O3. The zero-order valence-corrected chi connectivity index (χ0v) is 14.2. The molecule has 0 radical (unpaired) electrons. The summed E-state index contributed by atoms with van der Waals surface area (Å²) in [5.41, 5.74) is -0.0660. The number of nitrogens with one attached hydrogen (secondary N) is 1. The number of carbonyl (C=O) groups is 1. The number of carboxylic acid groups (broad SMARTS) is 1. The van der Waals surface area contributed by atoms with Crippen LogP contribution in [-0.2, 0) is 0 Å². The minimum Gasteiger partial charge on any atom is -0.507 e. The Labute approximate surface area is 147 Å². The van der Waals surface area contributed by atoms with Crippen LogP contribution in [0.1, 0.15) is 36.0 Å². The molecule has 2 aliphatic heterocycles. The van der Waals surface area contributed by atoms with E-state index in [4.69, 9.17) is 5.11 Å². The van der Waals surface area contributed by atoms with Crippen molar-refractivity contribution in [2.24, 2.45) is 0 Å². The molecule has 2 aromatic rings. The highest BCUT2D eigenvalue weighted by atomic mass is 16.4. The van der Waals surface area contributed by atoms with Gasteiger partial charge in [0.2, 0.25) is 0 Å². The molecule has 0 saturated carbocycles. The molecule has 1 fully saturated rings. The van der Waals surface area contributed by atoms with Crippen LogP contribution in [0.2, 0.25) is 0 Å². The third-order valence-corrected chi connectivity index (χ3v) is 4.61. The van der Waals surface area contributed by atoms with Gasteiger partial charge in [0.15, 0.2) is 0 Å². The van der Waals surface area contributed by atoms with Crippen molar-refractivity contribution in [3.63, 3.8) is 0 Å². The van der Waals surface area contributed by atoms with Gasteiger partial charge in [0.1, 0.15) is 11.3 Å². The second-order valence-electron chi connectivity index (χ2n) is 6.40. The predicted molar refractivity (Wildman–Crippen MR) is 98.7 cm³/mol. The maximum Gasteiger partial charge on any atom is 0.339 e. The number of aromatic hydroxyl groups is 1. The van der Waals surface area contributed by atoms with Crippen LogP contribution in [0, 0.1) is 0 Å². The highest BCUT2D eigenvalue weighted by molar-refractivity contribution is 5.97. The summed E-state index contributed by atoms with van der Waals surface area (Å²) in [4.78, 5) is 13.1. The molecule has 1 unspecified atom stereocenters. The number of fused-ring (bicyclic) bond motifs is 2. The largest absolute Gasteiger partial charge is 0.507 e. The molecule has 5 heteroatoms. The average Bonchev–Trinajstić information content (AvgIpc) is 2.87. The van der Waals surface area contributed by atoms with Crippen LogP contribution in [-0.4, -0.2) is 40.3 Å². The maximum atomic E-state index is 10.7. The van der Waals surface area contributed by atoms with Gasteiger partial charge in [0, 0.05) is 6.54 Å². The summed E-state index contributed by atoms with van der Waals surface area (Å²) in [7, 11) is 0. The van der Waals surface area contributed by atoms with Crippen molar-refractivity contribution in [3.8, 4) is 5.75 Å². The standard InChI is InChI=1S/C11H8O3.C9H16N2/c12-10-6-8-4-2-1-3-7(8)5-9(10)11(13)14;1-2-5-9-10-6-4-8-11(9)7-3-1/h1-6,12H,(H,13,14);3,7,9-10H,1-2,4-6,8H2. The molecule has 1 saturated heterocycles. The first-order valence-electron chi connectivity index (χ1n) is 8.76. The molecule has 1 atom stereocenters. The maximum absolute atomic E-state index is 10.7. The van der Waals surface area contributed by atoms with E-state index in [1.54, 1.807) is 6.07 Å². The number of aromatic carboxylic acids is 1. The van der Waals surface area contributed by atoms with Crippen molar-refractivity contribution < 1.29 is 15.0 Å². The van der Waals surface area contributed by atoms with Crippen LogP contribution in [0.5, 0.6) is 5.75 Å². The van der Waals surface area contributed by atoms with E-state index in [0.717, 1.165) is 10.8 Å². The van der Waals surface area contributed by atoms with Crippen molar-refractivity contribution >= 4 is 16.7 Å². The Morgan fingerprint density at radius 3 is 2.68 bits per heavy atom. The van der Waals surface area contributed by atoms with Crippen molar-refractivity contribution in [2.75, 3.05) is 13.1 Å².